The maximum Gasteiger partial charge on any atom is 0.0629 e. The van der Waals surface area contributed by atoms with E-state index in [1.54, 1.807) is 0 Å². The van der Waals surface area contributed by atoms with Crippen LogP contribution >= 0.6 is 31.9 Å². The Labute approximate surface area is 89.8 Å². The predicted molar refractivity (Wildman–Crippen MR) is 60.7 cm³/mol. The van der Waals surface area contributed by atoms with Gasteiger partial charge in [0.15, 0.2) is 0 Å². The van der Waals surface area contributed by atoms with Gasteiger partial charge in [-0.05, 0) is 63.4 Å². The van der Waals surface area contributed by atoms with Gasteiger partial charge >= 0.3 is 0 Å². The average Bonchev–Trinajstić information content (AvgIpc) is 1.96. The van der Waals surface area contributed by atoms with E-state index in [9.17, 15) is 0 Å². The minimum atomic E-state index is 0.931. The molecule has 0 heterocycles. The second-order valence-electron chi connectivity index (χ2n) is 2.63. The summed E-state index contributed by atoms with van der Waals surface area (Å²) in [6.07, 6.45) is 0. The summed E-state index contributed by atoms with van der Waals surface area (Å²) in [5, 5.41) is 3.28. The van der Waals surface area contributed by atoms with E-state index < -0.39 is 0 Å². The highest BCUT2D eigenvalue weighted by Crippen LogP contribution is 2.31. The standard InChI is InChI=1S/C9H11Br2N/c1-3-12-9-7(10)4-6(2)5-8(9)11/h4-5,12H,3H2,1-2H3. The molecule has 0 atom stereocenters. The Morgan fingerprint density at radius 3 is 2.17 bits per heavy atom. The van der Waals surface area contributed by atoms with Gasteiger partial charge in [0.1, 0.15) is 0 Å². The van der Waals surface area contributed by atoms with Gasteiger partial charge in [0, 0.05) is 15.5 Å². The number of aryl methyl sites for hydroxylation is 1. The van der Waals surface area contributed by atoms with Gasteiger partial charge in [0.05, 0.1) is 5.69 Å². The Morgan fingerprint density at radius 2 is 1.75 bits per heavy atom. The van der Waals surface area contributed by atoms with Crippen LogP contribution in [0.4, 0.5) is 5.69 Å². The third-order valence-electron chi connectivity index (χ3n) is 1.54. The van der Waals surface area contributed by atoms with E-state index in [1.165, 1.54) is 5.56 Å². The maximum absolute atomic E-state index is 3.51. The third-order valence-corrected chi connectivity index (χ3v) is 2.79. The fraction of sp³-hybridized carbons (Fsp3) is 0.333. The molecule has 66 valence electrons. The van der Waals surface area contributed by atoms with Crippen molar-refractivity contribution >= 4 is 37.5 Å². The summed E-state index contributed by atoms with van der Waals surface area (Å²) in [6, 6.07) is 4.20. The Bertz CT molecular complexity index is 261. The number of benzene rings is 1. The van der Waals surface area contributed by atoms with Crippen molar-refractivity contribution < 1.29 is 0 Å². The lowest BCUT2D eigenvalue weighted by atomic mass is 10.2. The van der Waals surface area contributed by atoms with Crippen molar-refractivity contribution in [1.82, 2.24) is 0 Å². The van der Waals surface area contributed by atoms with Crippen molar-refractivity contribution in [3.63, 3.8) is 0 Å². The number of rotatable bonds is 2. The van der Waals surface area contributed by atoms with E-state index >= 15 is 0 Å². The molecule has 0 aliphatic heterocycles. The van der Waals surface area contributed by atoms with Crippen molar-refractivity contribution in [1.29, 1.82) is 0 Å². The van der Waals surface area contributed by atoms with Crippen LogP contribution < -0.4 is 5.32 Å². The smallest absolute Gasteiger partial charge is 0.0629 e. The molecule has 0 fully saturated rings. The molecule has 1 N–H and O–H groups in total. The van der Waals surface area contributed by atoms with Gasteiger partial charge in [0.25, 0.3) is 0 Å². The summed E-state index contributed by atoms with van der Waals surface area (Å²) in [4.78, 5) is 0. The van der Waals surface area contributed by atoms with E-state index in [1.807, 2.05) is 0 Å². The molecule has 0 spiro atoms. The van der Waals surface area contributed by atoms with Gasteiger partial charge in [-0.25, -0.2) is 0 Å². The highest BCUT2D eigenvalue weighted by Gasteiger charge is 2.03. The number of halogens is 2. The molecule has 3 heteroatoms. The molecule has 12 heavy (non-hydrogen) atoms. The van der Waals surface area contributed by atoms with Crippen molar-refractivity contribution in [2.45, 2.75) is 13.8 Å². The van der Waals surface area contributed by atoms with Crippen LogP contribution in [-0.4, -0.2) is 6.54 Å². The molecular formula is C9H11Br2N. The highest BCUT2D eigenvalue weighted by molar-refractivity contribution is 9.11. The first-order chi connectivity index (χ1) is 5.65. The molecule has 0 saturated heterocycles. The van der Waals surface area contributed by atoms with Crippen molar-refractivity contribution in [2.24, 2.45) is 0 Å². The monoisotopic (exact) mass is 291 g/mol. The Balaban J connectivity index is 3.10. The van der Waals surface area contributed by atoms with Crippen LogP contribution in [0, 0.1) is 6.92 Å². The van der Waals surface area contributed by atoms with Crippen LogP contribution in [0.3, 0.4) is 0 Å². The number of anilines is 1. The summed E-state index contributed by atoms with van der Waals surface area (Å²) in [7, 11) is 0. The molecule has 0 amide bonds. The van der Waals surface area contributed by atoms with Crippen LogP contribution in [-0.2, 0) is 0 Å². The molecule has 1 aromatic carbocycles. The lowest BCUT2D eigenvalue weighted by molar-refractivity contribution is 1.20. The third kappa shape index (κ3) is 2.23. The summed E-state index contributed by atoms with van der Waals surface area (Å²) >= 11 is 7.01. The van der Waals surface area contributed by atoms with Gasteiger partial charge < -0.3 is 5.32 Å². The highest BCUT2D eigenvalue weighted by atomic mass is 79.9. The molecule has 0 bridgehead atoms. The first-order valence-corrected chi connectivity index (χ1v) is 5.43. The van der Waals surface area contributed by atoms with E-state index in [-0.39, 0.29) is 0 Å². The SMILES string of the molecule is CCNc1c(Br)cc(C)cc1Br. The average molecular weight is 293 g/mol. The number of hydrogen-bond donors (Lipinski definition) is 1. The minimum Gasteiger partial charge on any atom is -0.383 e. The molecule has 0 aliphatic rings. The van der Waals surface area contributed by atoms with Crippen molar-refractivity contribution in [3.8, 4) is 0 Å². The molecule has 0 saturated carbocycles. The quantitative estimate of drug-likeness (QED) is 0.870. The molecule has 1 nitrogen and oxygen atoms in total. The second kappa shape index (κ2) is 4.28. The van der Waals surface area contributed by atoms with Crippen LogP contribution in [0.25, 0.3) is 0 Å². The number of hydrogen-bond acceptors (Lipinski definition) is 1. The van der Waals surface area contributed by atoms with E-state index in [4.69, 9.17) is 0 Å². The Kier molecular flexibility index (Phi) is 3.59. The lowest BCUT2D eigenvalue weighted by Gasteiger charge is -2.09. The fourth-order valence-electron chi connectivity index (χ4n) is 1.05. The number of nitrogens with one attached hydrogen (secondary N) is 1. The van der Waals surface area contributed by atoms with E-state index in [0.29, 0.717) is 0 Å². The topological polar surface area (TPSA) is 12.0 Å². The summed E-state index contributed by atoms with van der Waals surface area (Å²) in [5.74, 6) is 0. The summed E-state index contributed by atoms with van der Waals surface area (Å²) < 4.78 is 2.22. The summed E-state index contributed by atoms with van der Waals surface area (Å²) in [6.45, 7) is 5.09. The van der Waals surface area contributed by atoms with Crippen molar-refractivity contribution in [2.75, 3.05) is 11.9 Å². The first kappa shape index (κ1) is 10.1. The minimum absolute atomic E-state index is 0.931. The molecule has 0 aromatic heterocycles. The largest absolute Gasteiger partial charge is 0.383 e. The van der Waals surface area contributed by atoms with Crippen molar-refractivity contribution in [3.05, 3.63) is 26.6 Å². The Morgan fingerprint density at radius 1 is 1.25 bits per heavy atom. The fourth-order valence-corrected chi connectivity index (χ4v) is 2.74. The van der Waals surface area contributed by atoms with Crippen LogP contribution in [0.15, 0.2) is 21.1 Å². The molecule has 1 aromatic rings. The summed E-state index contributed by atoms with van der Waals surface area (Å²) in [5.41, 5.74) is 2.37. The maximum atomic E-state index is 3.51. The molecule has 0 unspecified atom stereocenters. The second-order valence-corrected chi connectivity index (χ2v) is 4.34. The predicted octanol–water partition coefficient (Wildman–Crippen LogP) is 3.95. The van der Waals surface area contributed by atoms with Gasteiger partial charge in [-0.15, -0.1) is 0 Å². The molecule has 0 radical (unpaired) electrons. The molecular weight excluding hydrogens is 282 g/mol. The van der Waals surface area contributed by atoms with Crippen LogP contribution in [0.2, 0.25) is 0 Å². The lowest BCUT2D eigenvalue weighted by Crippen LogP contribution is -1.98. The zero-order valence-corrected chi connectivity index (χ0v) is 10.3. The zero-order valence-electron chi connectivity index (χ0n) is 7.12. The van der Waals surface area contributed by atoms with Gasteiger partial charge in [-0.1, -0.05) is 0 Å². The molecule has 0 aliphatic carbocycles. The normalized spacial score (nSPS) is 10.0. The van der Waals surface area contributed by atoms with Crippen LogP contribution in [0.1, 0.15) is 12.5 Å². The van der Waals surface area contributed by atoms with E-state index in [0.717, 1.165) is 21.2 Å². The zero-order chi connectivity index (χ0) is 9.14. The van der Waals surface area contributed by atoms with Gasteiger partial charge in [0.2, 0.25) is 0 Å². The Hall–Kier alpha value is -0.0200. The molecule has 1 rings (SSSR count). The van der Waals surface area contributed by atoms with E-state index in [2.05, 4.69) is 63.2 Å². The van der Waals surface area contributed by atoms with Gasteiger partial charge in [-0.3, -0.25) is 0 Å². The first-order valence-electron chi connectivity index (χ1n) is 3.84. The van der Waals surface area contributed by atoms with Gasteiger partial charge in [-0.2, -0.15) is 0 Å². The van der Waals surface area contributed by atoms with Crippen LogP contribution in [0.5, 0.6) is 0 Å².